The lowest BCUT2D eigenvalue weighted by Gasteiger charge is -2.15. The van der Waals surface area contributed by atoms with E-state index >= 15 is 0 Å². The molecule has 5 heteroatoms. The molecule has 15 heavy (non-hydrogen) atoms. The summed E-state index contributed by atoms with van der Waals surface area (Å²) in [5.41, 5.74) is 6.59. The van der Waals surface area contributed by atoms with Gasteiger partial charge < -0.3 is 15.1 Å². The molecule has 0 saturated carbocycles. The second kappa shape index (κ2) is 3.68. The fourth-order valence-corrected chi connectivity index (χ4v) is 1.48. The van der Waals surface area contributed by atoms with Gasteiger partial charge in [0.2, 0.25) is 0 Å². The maximum atomic E-state index is 5.71. The summed E-state index contributed by atoms with van der Waals surface area (Å²) < 4.78 is 5.48. The van der Waals surface area contributed by atoms with Gasteiger partial charge in [-0.05, 0) is 19.1 Å². The lowest BCUT2D eigenvalue weighted by atomic mass is 10.3. The number of anilines is 2. The van der Waals surface area contributed by atoms with Crippen molar-refractivity contribution in [1.29, 1.82) is 0 Å². The molecule has 0 aliphatic rings. The largest absolute Gasteiger partial charge is 0.464 e. The summed E-state index contributed by atoms with van der Waals surface area (Å²) in [6.45, 7) is 2.60. The van der Waals surface area contributed by atoms with Gasteiger partial charge in [-0.15, -0.1) is 0 Å². The summed E-state index contributed by atoms with van der Waals surface area (Å²) in [6.07, 6.45) is 1.70. The van der Waals surface area contributed by atoms with Crippen LogP contribution in [0.2, 0.25) is 0 Å². The van der Waals surface area contributed by atoms with Crippen LogP contribution in [0, 0.1) is 6.92 Å². The van der Waals surface area contributed by atoms with Crippen LogP contribution in [0.15, 0.2) is 22.7 Å². The van der Waals surface area contributed by atoms with E-state index in [2.05, 4.69) is 10.2 Å². The summed E-state index contributed by atoms with van der Waals surface area (Å²) >= 11 is 0. The Morgan fingerprint density at radius 1 is 1.53 bits per heavy atom. The van der Waals surface area contributed by atoms with Crippen molar-refractivity contribution in [1.82, 2.24) is 10.2 Å². The van der Waals surface area contributed by atoms with E-state index in [0.29, 0.717) is 12.4 Å². The first-order valence-electron chi connectivity index (χ1n) is 4.72. The average Bonchev–Trinajstić information content (AvgIpc) is 2.75. The number of nitrogens with one attached hydrogen (secondary N) is 1. The molecule has 5 nitrogen and oxygen atoms in total. The van der Waals surface area contributed by atoms with Crippen molar-refractivity contribution >= 4 is 11.5 Å². The highest BCUT2D eigenvalue weighted by Gasteiger charge is 2.09. The minimum absolute atomic E-state index is 0.570. The zero-order valence-corrected chi connectivity index (χ0v) is 8.82. The van der Waals surface area contributed by atoms with Crippen LogP contribution in [-0.4, -0.2) is 17.2 Å². The molecule has 0 amide bonds. The van der Waals surface area contributed by atoms with Crippen LogP contribution < -0.4 is 10.6 Å². The molecule has 2 aromatic heterocycles. The molecule has 0 saturated heterocycles. The monoisotopic (exact) mass is 206 g/mol. The molecule has 0 aliphatic heterocycles. The molecule has 2 heterocycles. The van der Waals surface area contributed by atoms with E-state index in [1.807, 2.05) is 31.0 Å². The second-order valence-corrected chi connectivity index (χ2v) is 3.54. The third kappa shape index (κ3) is 1.96. The molecule has 80 valence electrons. The van der Waals surface area contributed by atoms with Gasteiger partial charge in [0.15, 0.2) is 0 Å². The van der Waals surface area contributed by atoms with Crippen LogP contribution in [0.1, 0.15) is 11.5 Å². The van der Waals surface area contributed by atoms with Gasteiger partial charge in [-0.25, -0.2) is 0 Å². The van der Waals surface area contributed by atoms with E-state index in [1.54, 1.807) is 6.20 Å². The molecular formula is C10H14N4O. The van der Waals surface area contributed by atoms with Crippen LogP contribution in [0.4, 0.5) is 11.5 Å². The zero-order valence-electron chi connectivity index (χ0n) is 8.82. The van der Waals surface area contributed by atoms with Crippen molar-refractivity contribution in [3.63, 3.8) is 0 Å². The third-order valence-corrected chi connectivity index (χ3v) is 2.25. The summed E-state index contributed by atoms with van der Waals surface area (Å²) in [4.78, 5) is 1.98. The number of aryl methyl sites for hydroxylation is 1. The van der Waals surface area contributed by atoms with Crippen molar-refractivity contribution in [2.45, 2.75) is 13.5 Å². The molecule has 0 atom stereocenters. The first-order chi connectivity index (χ1) is 7.16. The number of H-pyrrole nitrogens is 1. The number of hydrogen-bond acceptors (Lipinski definition) is 4. The topological polar surface area (TPSA) is 71.1 Å². The minimum Gasteiger partial charge on any atom is -0.464 e. The van der Waals surface area contributed by atoms with Gasteiger partial charge in [-0.3, -0.25) is 5.10 Å². The Morgan fingerprint density at radius 3 is 2.87 bits per heavy atom. The Morgan fingerprint density at radius 2 is 2.33 bits per heavy atom. The van der Waals surface area contributed by atoms with Crippen molar-refractivity contribution in [2.75, 3.05) is 17.7 Å². The van der Waals surface area contributed by atoms with Gasteiger partial charge in [-0.2, -0.15) is 5.10 Å². The standard InChI is InChI=1S/C10H14N4O/c1-7-3-4-8(15-7)6-14(2)9-5-12-13-10(9)11/h3-5H,6H2,1-2H3,(H3,11,12,13). The molecule has 2 rings (SSSR count). The Bertz CT molecular complexity index is 446. The molecule has 0 bridgehead atoms. The molecule has 0 aliphatic carbocycles. The average molecular weight is 206 g/mol. The number of nitrogens with zero attached hydrogens (tertiary/aromatic N) is 2. The summed E-state index contributed by atoms with van der Waals surface area (Å²) in [5, 5.41) is 6.56. The Hall–Kier alpha value is -1.91. The van der Waals surface area contributed by atoms with E-state index in [1.165, 1.54) is 0 Å². The SMILES string of the molecule is Cc1ccc(CN(C)c2cn[nH]c2N)o1. The zero-order chi connectivity index (χ0) is 10.8. The molecule has 2 aromatic rings. The van der Waals surface area contributed by atoms with Crippen LogP contribution in [0.5, 0.6) is 0 Å². The van der Waals surface area contributed by atoms with E-state index in [9.17, 15) is 0 Å². The smallest absolute Gasteiger partial charge is 0.142 e. The molecule has 3 N–H and O–H groups in total. The van der Waals surface area contributed by atoms with Crippen LogP contribution in [-0.2, 0) is 6.54 Å². The Balaban J connectivity index is 2.10. The molecular weight excluding hydrogens is 192 g/mol. The van der Waals surface area contributed by atoms with Crippen LogP contribution in [0.3, 0.4) is 0 Å². The maximum Gasteiger partial charge on any atom is 0.142 e. The molecule has 0 spiro atoms. The number of furan rings is 1. The number of rotatable bonds is 3. The predicted molar refractivity (Wildman–Crippen MR) is 58.6 cm³/mol. The van der Waals surface area contributed by atoms with Gasteiger partial charge in [0.25, 0.3) is 0 Å². The first-order valence-corrected chi connectivity index (χ1v) is 4.72. The van der Waals surface area contributed by atoms with Crippen LogP contribution in [0.25, 0.3) is 0 Å². The minimum atomic E-state index is 0.570. The van der Waals surface area contributed by atoms with Gasteiger partial charge in [0, 0.05) is 7.05 Å². The number of nitrogen functional groups attached to an aromatic ring is 1. The predicted octanol–water partition coefficient (Wildman–Crippen LogP) is 1.53. The summed E-state index contributed by atoms with van der Waals surface area (Å²) in [7, 11) is 1.94. The number of hydrogen-bond donors (Lipinski definition) is 2. The van der Waals surface area contributed by atoms with Crippen molar-refractivity contribution < 1.29 is 4.42 Å². The number of nitrogens with two attached hydrogens (primary N) is 1. The Labute approximate surface area is 87.9 Å². The third-order valence-electron chi connectivity index (χ3n) is 2.25. The van der Waals surface area contributed by atoms with E-state index in [4.69, 9.17) is 10.2 Å². The first kappa shape index (κ1) is 9.64. The van der Waals surface area contributed by atoms with Gasteiger partial charge in [0.1, 0.15) is 17.3 Å². The lowest BCUT2D eigenvalue weighted by Crippen LogP contribution is -2.16. The van der Waals surface area contributed by atoms with Gasteiger partial charge in [-0.1, -0.05) is 0 Å². The molecule has 0 aromatic carbocycles. The fraction of sp³-hybridized carbons (Fsp3) is 0.300. The number of aromatic nitrogens is 2. The van der Waals surface area contributed by atoms with E-state index in [0.717, 1.165) is 17.2 Å². The van der Waals surface area contributed by atoms with Gasteiger partial charge >= 0.3 is 0 Å². The van der Waals surface area contributed by atoms with Crippen molar-refractivity contribution in [2.24, 2.45) is 0 Å². The fourth-order valence-electron chi connectivity index (χ4n) is 1.48. The lowest BCUT2D eigenvalue weighted by molar-refractivity contribution is 0.482. The summed E-state index contributed by atoms with van der Waals surface area (Å²) in [6, 6.07) is 3.91. The highest BCUT2D eigenvalue weighted by Crippen LogP contribution is 2.20. The molecule has 0 radical (unpaired) electrons. The molecule has 0 unspecified atom stereocenters. The van der Waals surface area contributed by atoms with Crippen molar-refractivity contribution in [3.8, 4) is 0 Å². The van der Waals surface area contributed by atoms with E-state index in [-0.39, 0.29) is 0 Å². The van der Waals surface area contributed by atoms with Crippen molar-refractivity contribution in [3.05, 3.63) is 29.9 Å². The maximum absolute atomic E-state index is 5.71. The second-order valence-electron chi connectivity index (χ2n) is 3.54. The summed E-state index contributed by atoms with van der Waals surface area (Å²) in [5.74, 6) is 2.40. The van der Waals surface area contributed by atoms with Crippen LogP contribution >= 0.6 is 0 Å². The van der Waals surface area contributed by atoms with Gasteiger partial charge in [0.05, 0.1) is 18.4 Å². The highest BCUT2D eigenvalue weighted by molar-refractivity contribution is 5.61. The van der Waals surface area contributed by atoms with E-state index < -0.39 is 0 Å². The number of aromatic amines is 1. The normalized spacial score (nSPS) is 10.5. The molecule has 0 fully saturated rings. The highest BCUT2D eigenvalue weighted by atomic mass is 16.3. The Kier molecular flexibility index (Phi) is 2.37. The quantitative estimate of drug-likeness (QED) is 0.798.